The van der Waals surface area contributed by atoms with E-state index < -0.39 is 45.9 Å². The predicted molar refractivity (Wildman–Crippen MR) is 114 cm³/mol. The lowest BCUT2D eigenvalue weighted by Gasteiger charge is -2.33. The Labute approximate surface area is 183 Å². The van der Waals surface area contributed by atoms with E-state index in [2.05, 4.69) is 5.32 Å². The van der Waals surface area contributed by atoms with Gasteiger partial charge in [0.2, 0.25) is 15.9 Å². The molecule has 162 valence electrons. The first-order chi connectivity index (χ1) is 15.3. The molecule has 0 fully saturated rings. The summed E-state index contributed by atoms with van der Waals surface area (Å²) in [5, 5.41) is 2.55. The quantitative estimate of drug-likeness (QED) is 0.474. The summed E-state index contributed by atoms with van der Waals surface area (Å²) in [7, 11) is -4.38. The zero-order valence-electron chi connectivity index (χ0n) is 16.6. The molecular weight excluding hydrogens is 435 g/mol. The monoisotopic (exact) mass is 452 g/mol. The number of nitrogens with zero attached hydrogens (tertiary/aromatic N) is 1. The van der Waals surface area contributed by atoms with Crippen LogP contribution in [-0.2, 0) is 14.8 Å². The van der Waals surface area contributed by atoms with Crippen molar-refractivity contribution in [1.29, 1.82) is 0 Å². The summed E-state index contributed by atoms with van der Waals surface area (Å²) < 4.78 is 40.9. The number of anilines is 1. The number of hydrogen-bond acceptors (Lipinski definition) is 5. The Hall–Kier alpha value is -3.69. The number of carbonyl (C=O) groups is 3. The third kappa shape index (κ3) is 3.95. The number of halogens is 1. The van der Waals surface area contributed by atoms with Crippen molar-refractivity contribution in [3.8, 4) is 0 Å². The van der Waals surface area contributed by atoms with E-state index in [1.807, 2.05) is 0 Å². The molecule has 3 aromatic carbocycles. The molecule has 0 aliphatic carbocycles. The number of amides is 1. The van der Waals surface area contributed by atoms with Crippen molar-refractivity contribution in [3.05, 3.63) is 95.8 Å². The van der Waals surface area contributed by atoms with Crippen LogP contribution < -0.4 is 5.32 Å². The molecule has 0 saturated carbocycles. The van der Waals surface area contributed by atoms with Gasteiger partial charge in [-0.05, 0) is 36.4 Å². The number of Topliss-reactive ketones (excluding diaryl/α,β-unsaturated/α-hetero) is 2. The molecule has 1 heterocycles. The van der Waals surface area contributed by atoms with Gasteiger partial charge in [0.05, 0.1) is 11.4 Å². The molecule has 1 N–H and O–H groups in total. The highest BCUT2D eigenvalue weighted by Gasteiger charge is 2.48. The van der Waals surface area contributed by atoms with Crippen LogP contribution in [0.25, 0.3) is 0 Å². The van der Waals surface area contributed by atoms with Gasteiger partial charge >= 0.3 is 0 Å². The fourth-order valence-corrected chi connectivity index (χ4v) is 5.23. The normalized spacial score (nSPS) is 17.4. The average molecular weight is 452 g/mol. The van der Waals surface area contributed by atoms with Crippen LogP contribution in [0.5, 0.6) is 0 Å². The lowest BCUT2D eigenvalue weighted by molar-refractivity contribution is -0.116. The Morgan fingerprint density at radius 2 is 1.62 bits per heavy atom. The molecule has 1 unspecified atom stereocenters. The SMILES string of the molecule is O=C(CN1C(C(=O)c2cccc(F)c2)C(=O)c2ccccc2S1(=O)=O)Nc1ccccc1. The molecule has 4 rings (SSSR count). The van der Waals surface area contributed by atoms with E-state index in [1.165, 1.54) is 36.4 Å². The minimum Gasteiger partial charge on any atom is -0.325 e. The summed E-state index contributed by atoms with van der Waals surface area (Å²) in [4.78, 5) is 38.7. The van der Waals surface area contributed by atoms with Crippen molar-refractivity contribution < 1.29 is 27.2 Å². The molecule has 9 heteroatoms. The van der Waals surface area contributed by atoms with Gasteiger partial charge in [-0.25, -0.2) is 12.8 Å². The number of rotatable bonds is 5. The van der Waals surface area contributed by atoms with Gasteiger partial charge < -0.3 is 5.32 Å². The largest absolute Gasteiger partial charge is 0.325 e. The molecule has 0 aromatic heterocycles. The third-order valence-corrected chi connectivity index (χ3v) is 6.86. The molecule has 1 aliphatic heterocycles. The first-order valence-corrected chi connectivity index (χ1v) is 11.0. The van der Waals surface area contributed by atoms with Crippen LogP contribution in [-0.4, -0.2) is 42.8 Å². The van der Waals surface area contributed by atoms with Gasteiger partial charge in [0, 0.05) is 16.8 Å². The maximum atomic E-state index is 13.7. The fraction of sp³-hybridized carbons (Fsp3) is 0.0870. The van der Waals surface area contributed by atoms with Crippen LogP contribution in [0.15, 0.2) is 83.8 Å². The van der Waals surface area contributed by atoms with Crippen LogP contribution >= 0.6 is 0 Å². The zero-order valence-corrected chi connectivity index (χ0v) is 17.4. The van der Waals surface area contributed by atoms with Crippen molar-refractivity contribution >= 4 is 33.2 Å². The number of hydrogen-bond donors (Lipinski definition) is 1. The van der Waals surface area contributed by atoms with Crippen LogP contribution in [0.4, 0.5) is 10.1 Å². The summed E-state index contributed by atoms with van der Waals surface area (Å²) >= 11 is 0. The Balaban J connectivity index is 1.76. The summed E-state index contributed by atoms with van der Waals surface area (Å²) in [6.07, 6.45) is 0. The second-order valence-electron chi connectivity index (χ2n) is 7.10. The topological polar surface area (TPSA) is 101 Å². The molecule has 1 atom stereocenters. The van der Waals surface area contributed by atoms with E-state index in [4.69, 9.17) is 0 Å². The Morgan fingerprint density at radius 3 is 2.34 bits per heavy atom. The number of benzene rings is 3. The van der Waals surface area contributed by atoms with Gasteiger partial charge in [0.15, 0.2) is 17.6 Å². The average Bonchev–Trinajstić information content (AvgIpc) is 2.78. The minimum absolute atomic E-state index is 0.151. The van der Waals surface area contributed by atoms with E-state index in [1.54, 1.807) is 30.3 Å². The lowest BCUT2D eigenvalue weighted by atomic mass is 9.95. The minimum atomic E-state index is -4.38. The molecule has 7 nitrogen and oxygen atoms in total. The highest BCUT2D eigenvalue weighted by molar-refractivity contribution is 7.89. The molecule has 1 amide bonds. The number of ketones is 2. The van der Waals surface area contributed by atoms with Crippen molar-refractivity contribution in [2.45, 2.75) is 10.9 Å². The predicted octanol–water partition coefficient (Wildman–Crippen LogP) is 2.90. The van der Waals surface area contributed by atoms with Crippen LogP contribution in [0.3, 0.4) is 0 Å². The van der Waals surface area contributed by atoms with Gasteiger partial charge in [-0.2, -0.15) is 4.31 Å². The fourth-order valence-electron chi connectivity index (χ4n) is 3.53. The molecule has 0 spiro atoms. The Morgan fingerprint density at radius 1 is 0.938 bits per heavy atom. The Kier molecular flexibility index (Phi) is 5.68. The number of sulfonamides is 1. The van der Waals surface area contributed by atoms with Gasteiger partial charge in [-0.15, -0.1) is 0 Å². The van der Waals surface area contributed by atoms with Crippen molar-refractivity contribution in [3.63, 3.8) is 0 Å². The van der Waals surface area contributed by atoms with E-state index in [0.717, 1.165) is 12.1 Å². The molecule has 1 aliphatic rings. The highest BCUT2D eigenvalue weighted by atomic mass is 32.2. The summed E-state index contributed by atoms with van der Waals surface area (Å²) in [5.41, 5.74) is 0.0972. The van der Waals surface area contributed by atoms with E-state index in [0.29, 0.717) is 9.99 Å². The molecule has 32 heavy (non-hydrogen) atoms. The third-order valence-electron chi connectivity index (χ3n) is 4.99. The van der Waals surface area contributed by atoms with Crippen molar-refractivity contribution in [2.24, 2.45) is 0 Å². The summed E-state index contributed by atoms with van der Waals surface area (Å²) in [6, 6.07) is 16.6. The van der Waals surface area contributed by atoms with E-state index >= 15 is 0 Å². The van der Waals surface area contributed by atoms with Crippen molar-refractivity contribution in [2.75, 3.05) is 11.9 Å². The molecular formula is C23H17FN2O5S. The number of para-hydroxylation sites is 1. The van der Waals surface area contributed by atoms with Gasteiger partial charge in [0.1, 0.15) is 5.82 Å². The first-order valence-electron chi connectivity index (χ1n) is 9.59. The molecule has 3 aromatic rings. The zero-order chi connectivity index (χ0) is 22.9. The molecule has 0 saturated heterocycles. The Bertz CT molecular complexity index is 1320. The molecule has 0 bridgehead atoms. The highest BCUT2D eigenvalue weighted by Crippen LogP contribution is 2.31. The number of nitrogens with one attached hydrogen (secondary N) is 1. The standard InChI is InChI=1S/C23H17FN2O5S/c24-16-8-6-7-15(13-16)22(28)21-23(29)18-11-4-5-12-19(18)32(30,31)26(21)14-20(27)25-17-9-2-1-3-10-17/h1-13,21H,14H2,(H,25,27). The van der Waals surface area contributed by atoms with E-state index in [9.17, 15) is 27.2 Å². The van der Waals surface area contributed by atoms with Crippen LogP contribution in [0, 0.1) is 5.82 Å². The second-order valence-corrected chi connectivity index (χ2v) is 8.96. The van der Waals surface area contributed by atoms with Gasteiger partial charge in [-0.3, -0.25) is 14.4 Å². The van der Waals surface area contributed by atoms with Gasteiger partial charge in [0.25, 0.3) is 0 Å². The smallest absolute Gasteiger partial charge is 0.245 e. The second kappa shape index (κ2) is 8.45. The van der Waals surface area contributed by atoms with E-state index in [-0.39, 0.29) is 16.0 Å². The van der Waals surface area contributed by atoms with Crippen LogP contribution in [0.2, 0.25) is 0 Å². The van der Waals surface area contributed by atoms with Crippen molar-refractivity contribution in [1.82, 2.24) is 4.31 Å². The number of carbonyl (C=O) groups excluding carboxylic acids is 3. The first kappa shape index (κ1) is 21.5. The summed E-state index contributed by atoms with van der Waals surface area (Å²) in [5.74, 6) is -3.14. The maximum absolute atomic E-state index is 13.7. The lowest BCUT2D eigenvalue weighted by Crippen LogP contribution is -2.55. The molecule has 0 radical (unpaired) electrons. The number of fused-ring (bicyclic) bond motifs is 1. The summed E-state index contributed by atoms with van der Waals surface area (Å²) in [6.45, 7) is -0.775. The van der Waals surface area contributed by atoms with Gasteiger partial charge in [-0.1, -0.05) is 42.5 Å². The van der Waals surface area contributed by atoms with Crippen LogP contribution in [0.1, 0.15) is 20.7 Å². The maximum Gasteiger partial charge on any atom is 0.245 e.